The highest BCUT2D eigenvalue weighted by molar-refractivity contribution is 7.89. The van der Waals surface area contributed by atoms with Gasteiger partial charge in [-0.2, -0.15) is 0 Å². The summed E-state index contributed by atoms with van der Waals surface area (Å²) < 4.78 is 38.1. The Balaban J connectivity index is 2.43. The van der Waals surface area contributed by atoms with Gasteiger partial charge in [0.25, 0.3) is 10.0 Å². The van der Waals surface area contributed by atoms with Crippen LogP contribution in [0.25, 0.3) is 0 Å². The monoisotopic (exact) mass is 331 g/mol. The molecule has 0 saturated heterocycles. The molecule has 0 fully saturated rings. The van der Waals surface area contributed by atoms with E-state index in [2.05, 4.69) is 4.98 Å². The number of sulfonamides is 1. The van der Waals surface area contributed by atoms with Crippen molar-refractivity contribution in [3.8, 4) is 0 Å². The number of imidazole rings is 1. The van der Waals surface area contributed by atoms with Crippen molar-refractivity contribution >= 4 is 21.6 Å². The Labute approximate surface area is 127 Å². The molecule has 2 aromatic rings. The van der Waals surface area contributed by atoms with Gasteiger partial charge in [0.15, 0.2) is 5.03 Å². The highest BCUT2D eigenvalue weighted by Crippen LogP contribution is 2.18. The maximum atomic E-state index is 13.8. The minimum absolute atomic E-state index is 0.143. The van der Waals surface area contributed by atoms with Crippen molar-refractivity contribution in [2.24, 2.45) is 5.14 Å². The lowest BCUT2D eigenvalue weighted by Crippen LogP contribution is -2.12. The molecular formula is C13H15ClFN3O2S. The topological polar surface area (TPSA) is 78.0 Å². The molecule has 0 saturated carbocycles. The second-order valence-electron chi connectivity index (χ2n) is 4.65. The van der Waals surface area contributed by atoms with Crippen molar-refractivity contribution in [2.45, 2.75) is 31.3 Å². The van der Waals surface area contributed by atoms with E-state index >= 15 is 0 Å². The van der Waals surface area contributed by atoms with Crippen LogP contribution in [0.4, 0.5) is 4.39 Å². The molecule has 0 aliphatic heterocycles. The Morgan fingerprint density at radius 1 is 1.43 bits per heavy atom. The highest BCUT2D eigenvalue weighted by atomic mass is 35.5. The lowest BCUT2D eigenvalue weighted by molar-refractivity contribution is 0.593. The van der Waals surface area contributed by atoms with E-state index in [4.69, 9.17) is 16.7 Å². The summed E-state index contributed by atoms with van der Waals surface area (Å²) >= 11 is 5.85. The Morgan fingerprint density at radius 2 is 2.14 bits per heavy atom. The van der Waals surface area contributed by atoms with Gasteiger partial charge in [0.1, 0.15) is 11.6 Å². The normalized spacial score (nSPS) is 11.8. The lowest BCUT2D eigenvalue weighted by atomic mass is 10.2. The molecule has 0 bridgehead atoms. The van der Waals surface area contributed by atoms with E-state index in [1.54, 1.807) is 4.57 Å². The molecule has 0 amide bonds. The lowest BCUT2D eigenvalue weighted by Gasteiger charge is -2.08. The number of rotatable bonds is 5. The first-order chi connectivity index (χ1) is 9.81. The fourth-order valence-corrected chi connectivity index (χ4v) is 2.67. The van der Waals surface area contributed by atoms with Gasteiger partial charge < -0.3 is 4.57 Å². The molecule has 21 heavy (non-hydrogen) atoms. The second kappa shape index (κ2) is 6.13. The summed E-state index contributed by atoms with van der Waals surface area (Å²) in [6, 6.07) is 4.23. The largest absolute Gasteiger partial charge is 0.329 e. The van der Waals surface area contributed by atoms with Crippen molar-refractivity contribution in [1.29, 1.82) is 0 Å². The Hall–Kier alpha value is -1.44. The summed E-state index contributed by atoms with van der Waals surface area (Å²) in [6.45, 7) is 2.08. The predicted octanol–water partition coefficient (Wildman–Crippen LogP) is 2.32. The zero-order valence-electron chi connectivity index (χ0n) is 11.4. The van der Waals surface area contributed by atoms with Crippen molar-refractivity contribution in [3.05, 3.63) is 46.6 Å². The van der Waals surface area contributed by atoms with E-state index in [1.165, 1.54) is 24.4 Å². The Bertz CT molecular complexity index is 759. The number of benzene rings is 1. The molecule has 1 aromatic heterocycles. The number of halogens is 2. The smallest absolute Gasteiger partial charge is 0.257 e. The molecular weight excluding hydrogens is 317 g/mol. The standard InChI is InChI=1S/C13H15ClFN3O2S/c1-2-3-12-17-13(21(16,19)20)8-18(12)7-9-6-10(14)4-5-11(9)15/h4-6,8H,2-3,7H2,1H3,(H2,16,19,20). The summed E-state index contributed by atoms with van der Waals surface area (Å²) in [4.78, 5) is 4.01. The zero-order valence-corrected chi connectivity index (χ0v) is 13.0. The number of hydrogen-bond acceptors (Lipinski definition) is 3. The van der Waals surface area contributed by atoms with Crippen LogP contribution in [-0.2, 0) is 23.0 Å². The fraction of sp³-hybridized carbons (Fsp3) is 0.308. The van der Waals surface area contributed by atoms with Crippen LogP contribution in [0.1, 0.15) is 24.7 Å². The van der Waals surface area contributed by atoms with Crippen molar-refractivity contribution in [3.63, 3.8) is 0 Å². The van der Waals surface area contributed by atoms with Gasteiger partial charge in [-0.1, -0.05) is 18.5 Å². The van der Waals surface area contributed by atoms with Crippen LogP contribution in [0.5, 0.6) is 0 Å². The molecule has 1 heterocycles. The van der Waals surface area contributed by atoms with Gasteiger partial charge in [-0.3, -0.25) is 0 Å². The molecule has 8 heteroatoms. The van der Waals surface area contributed by atoms with Crippen LogP contribution < -0.4 is 5.14 Å². The van der Waals surface area contributed by atoms with Crippen LogP contribution in [0, 0.1) is 5.82 Å². The number of hydrogen-bond donors (Lipinski definition) is 1. The van der Waals surface area contributed by atoms with E-state index < -0.39 is 15.8 Å². The first kappa shape index (κ1) is 15.9. The molecule has 2 N–H and O–H groups in total. The third kappa shape index (κ3) is 3.81. The first-order valence-corrected chi connectivity index (χ1v) is 8.26. The number of aryl methyl sites for hydroxylation is 1. The van der Waals surface area contributed by atoms with E-state index in [0.717, 1.165) is 6.42 Å². The molecule has 114 valence electrons. The second-order valence-corrected chi connectivity index (χ2v) is 6.60. The molecule has 1 aromatic carbocycles. The van der Waals surface area contributed by atoms with Crippen molar-refractivity contribution < 1.29 is 12.8 Å². The molecule has 0 aliphatic carbocycles. The summed E-state index contributed by atoms with van der Waals surface area (Å²) in [7, 11) is -3.89. The highest BCUT2D eigenvalue weighted by Gasteiger charge is 2.17. The van der Waals surface area contributed by atoms with Crippen LogP contribution in [0.15, 0.2) is 29.4 Å². The van der Waals surface area contributed by atoms with Gasteiger partial charge in [0.05, 0.1) is 6.54 Å². The number of primary sulfonamides is 1. The van der Waals surface area contributed by atoms with Crippen LogP contribution >= 0.6 is 11.6 Å². The zero-order chi connectivity index (χ0) is 15.6. The Morgan fingerprint density at radius 3 is 2.76 bits per heavy atom. The van der Waals surface area contributed by atoms with Gasteiger partial charge >= 0.3 is 0 Å². The molecule has 0 radical (unpaired) electrons. The SMILES string of the molecule is CCCc1nc(S(N)(=O)=O)cn1Cc1cc(Cl)ccc1F. The van der Waals surface area contributed by atoms with Crippen molar-refractivity contribution in [1.82, 2.24) is 9.55 Å². The van der Waals surface area contributed by atoms with E-state index in [-0.39, 0.29) is 11.6 Å². The molecule has 5 nitrogen and oxygen atoms in total. The third-order valence-corrected chi connectivity index (χ3v) is 3.97. The molecule has 2 rings (SSSR count). The number of aromatic nitrogens is 2. The van der Waals surface area contributed by atoms with E-state index in [9.17, 15) is 12.8 Å². The summed E-state index contributed by atoms with van der Waals surface area (Å²) in [5.41, 5.74) is 0.359. The average molecular weight is 332 g/mol. The van der Waals surface area contributed by atoms with Crippen molar-refractivity contribution in [2.75, 3.05) is 0 Å². The predicted molar refractivity (Wildman–Crippen MR) is 78.1 cm³/mol. The first-order valence-electron chi connectivity index (χ1n) is 6.34. The van der Waals surface area contributed by atoms with E-state index in [1.807, 2.05) is 6.92 Å². The number of nitrogens with zero attached hydrogens (tertiary/aromatic N) is 2. The van der Waals surface area contributed by atoms with Crippen LogP contribution in [0.2, 0.25) is 5.02 Å². The third-order valence-electron chi connectivity index (χ3n) is 2.95. The van der Waals surface area contributed by atoms with E-state index in [0.29, 0.717) is 22.8 Å². The van der Waals surface area contributed by atoms with Crippen LogP contribution in [-0.4, -0.2) is 18.0 Å². The minimum Gasteiger partial charge on any atom is -0.329 e. The minimum atomic E-state index is -3.89. The summed E-state index contributed by atoms with van der Waals surface area (Å²) in [6.07, 6.45) is 2.66. The molecule has 0 atom stereocenters. The van der Waals surface area contributed by atoms with Gasteiger partial charge in [-0.05, 0) is 24.6 Å². The Kier molecular flexibility index (Phi) is 4.65. The molecule has 0 unspecified atom stereocenters. The quantitative estimate of drug-likeness (QED) is 0.913. The summed E-state index contributed by atoms with van der Waals surface area (Å²) in [5, 5.41) is 5.28. The molecule has 0 aliphatic rings. The number of nitrogens with two attached hydrogens (primary N) is 1. The van der Waals surface area contributed by atoms with Gasteiger partial charge in [-0.15, -0.1) is 0 Å². The van der Waals surface area contributed by atoms with Gasteiger partial charge in [-0.25, -0.2) is 22.9 Å². The van der Waals surface area contributed by atoms with Crippen LogP contribution in [0.3, 0.4) is 0 Å². The maximum absolute atomic E-state index is 13.8. The van der Waals surface area contributed by atoms with Gasteiger partial charge in [0, 0.05) is 23.2 Å². The average Bonchev–Trinajstić information content (AvgIpc) is 2.78. The maximum Gasteiger partial charge on any atom is 0.257 e. The van der Waals surface area contributed by atoms with Gasteiger partial charge in [0.2, 0.25) is 0 Å². The fourth-order valence-electron chi connectivity index (χ4n) is 1.97. The molecule has 0 spiro atoms. The summed E-state index contributed by atoms with van der Waals surface area (Å²) in [5.74, 6) is 0.133.